The Morgan fingerprint density at radius 3 is 2.90 bits per heavy atom. The second kappa shape index (κ2) is 4.14. The minimum atomic E-state index is 0.776. The van der Waals surface area contributed by atoms with Gasteiger partial charge in [-0.25, -0.2) is 0 Å². The third kappa shape index (κ3) is 1.58. The maximum atomic E-state index is 5.41. The number of H-pyrrole nitrogens is 1. The number of rotatable bonds is 1. The van der Waals surface area contributed by atoms with Crippen LogP contribution in [-0.2, 0) is 0 Å². The van der Waals surface area contributed by atoms with E-state index in [9.17, 15) is 0 Å². The van der Waals surface area contributed by atoms with Gasteiger partial charge in [0.05, 0.1) is 29.4 Å². The Balaban J connectivity index is 2.02. The average molecular weight is 331 g/mol. The summed E-state index contributed by atoms with van der Waals surface area (Å²) in [4.78, 5) is 0. The van der Waals surface area contributed by atoms with E-state index in [2.05, 4.69) is 36.8 Å². The molecule has 0 fully saturated rings. The lowest BCUT2D eigenvalue weighted by Gasteiger charge is -2.13. The number of ether oxygens (including phenoxy) is 1. The van der Waals surface area contributed by atoms with Crippen molar-refractivity contribution in [2.24, 2.45) is 0 Å². The largest absolute Gasteiger partial charge is 0.494 e. The fourth-order valence-electron chi connectivity index (χ4n) is 2.51. The van der Waals surface area contributed by atoms with Crippen LogP contribution in [0, 0.1) is 0 Å². The molecule has 1 aliphatic rings. The quantitative estimate of drug-likeness (QED) is 0.491. The van der Waals surface area contributed by atoms with Gasteiger partial charge in [0, 0.05) is 4.47 Å². The second-order valence-electron chi connectivity index (χ2n) is 4.58. The van der Waals surface area contributed by atoms with Gasteiger partial charge < -0.3 is 15.4 Å². The van der Waals surface area contributed by atoms with Crippen LogP contribution < -0.4 is 15.4 Å². The van der Waals surface area contributed by atoms with Crippen molar-refractivity contribution in [1.82, 2.24) is 10.2 Å². The van der Waals surface area contributed by atoms with E-state index in [4.69, 9.17) is 4.74 Å². The number of aromatic nitrogens is 2. The minimum absolute atomic E-state index is 0.776. The number of nitrogens with one attached hydrogen (secondary N) is 3. The first kappa shape index (κ1) is 11.6. The number of methoxy groups -OCH3 is 1. The number of para-hydroxylation sites is 1. The summed E-state index contributed by atoms with van der Waals surface area (Å²) in [5, 5.41) is 15.2. The third-order valence-corrected chi connectivity index (χ3v) is 3.84. The van der Waals surface area contributed by atoms with Gasteiger partial charge in [-0.2, -0.15) is 5.10 Å². The molecule has 1 aliphatic heterocycles. The zero-order chi connectivity index (χ0) is 13.7. The van der Waals surface area contributed by atoms with E-state index in [-0.39, 0.29) is 0 Å². The van der Waals surface area contributed by atoms with Crippen LogP contribution in [0.4, 0.5) is 22.9 Å². The molecule has 20 heavy (non-hydrogen) atoms. The Morgan fingerprint density at radius 1 is 1.15 bits per heavy atom. The smallest absolute Gasteiger partial charge is 0.162 e. The monoisotopic (exact) mass is 330 g/mol. The summed E-state index contributed by atoms with van der Waals surface area (Å²) in [7, 11) is 1.66. The van der Waals surface area contributed by atoms with Crippen molar-refractivity contribution in [1.29, 1.82) is 0 Å². The van der Waals surface area contributed by atoms with E-state index in [0.29, 0.717) is 0 Å². The molecule has 0 atom stereocenters. The number of hydrogen-bond donors (Lipinski definition) is 3. The number of nitrogens with zero attached hydrogens (tertiary/aromatic N) is 1. The molecule has 100 valence electrons. The molecular weight excluding hydrogens is 320 g/mol. The van der Waals surface area contributed by atoms with Crippen molar-refractivity contribution in [2.75, 3.05) is 17.7 Å². The van der Waals surface area contributed by atoms with Gasteiger partial charge in [-0.3, -0.25) is 5.10 Å². The lowest BCUT2D eigenvalue weighted by Crippen LogP contribution is -1.97. The molecule has 0 radical (unpaired) electrons. The maximum Gasteiger partial charge on any atom is 0.162 e. The van der Waals surface area contributed by atoms with Crippen LogP contribution in [-0.4, -0.2) is 17.3 Å². The Morgan fingerprint density at radius 2 is 2.05 bits per heavy atom. The van der Waals surface area contributed by atoms with E-state index < -0.39 is 0 Å². The molecule has 3 N–H and O–H groups in total. The van der Waals surface area contributed by atoms with E-state index in [1.54, 1.807) is 7.11 Å². The molecule has 0 spiro atoms. The first-order valence-electron chi connectivity index (χ1n) is 6.15. The number of anilines is 4. The molecule has 0 bridgehead atoms. The molecule has 2 heterocycles. The molecule has 0 amide bonds. The molecule has 6 heteroatoms. The van der Waals surface area contributed by atoms with Gasteiger partial charge in [0.15, 0.2) is 5.82 Å². The average Bonchev–Trinajstić information content (AvgIpc) is 2.75. The zero-order valence-electron chi connectivity index (χ0n) is 10.6. The number of hydrogen-bond acceptors (Lipinski definition) is 4. The lowest BCUT2D eigenvalue weighted by atomic mass is 10.2. The summed E-state index contributed by atoms with van der Waals surface area (Å²) in [6.07, 6.45) is 0. The fourth-order valence-corrected chi connectivity index (χ4v) is 2.97. The van der Waals surface area contributed by atoms with Crippen molar-refractivity contribution < 1.29 is 4.74 Å². The number of halogens is 1. The van der Waals surface area contributed by atoms with E-state index >= 15 is 0 Å². The van der Waals surface area contributed by atoms with Crippen LogP contribution in [0.2, 0.25) is 0 Å². The third-order valence-electron chi connectivity index (χ3n) is 3.39. The molecule has 0 aliphatic carbocycles. The lowest BCUT2D eigenvalue weighted by molar-refractivity contribution is 0.417. The van der Waals surface area contributed by atoms with Gasteiger partial charge in [0.1, 0.15) is 11.4 Å². The van der Waals surface area contributed by atoms with Crippen molar-refractivity contribution in [3.05, 3.63) is 34.8 Å². The van der Waals surface area contributed by atoms with Crippen LogP contribution in [0.3, 0.4) is 0 Å². The van der Waals surface area contributed by atoms with Crippen molar-refractivity contribution >= 4 is 49.7 Å². The van der Waals surface area contributed by atoms with E-state index in [0.717, 1.165) is 44.0 Å². The number of fused-ring (bicyclic) bond motifs is 1. The topological polar surface area (TPSA) is 62.0 Å². The Hall–Kier alpha value is -2.21. The van der Waals surface area contributed by atoms with Gasteiger partial charge >= 0.3 is 0 Å². The number of benzene rings is 2. The first-order chi connectivity index (χ1) is 9.76. The molecule has 5 nitrogen and oxygen atoms in total. The fraction of sp³-hybridized carbons (Fsp3) is 0.0714. The summed E-state index contributed by atoms with van der Waals surface area (Å²) in [6, 6.07) is 9.93. The predicted octanol–water partition coefficient (Wildman–Crippen LogP) is 4.13. The van der Waals surface area contributed by atoms with Gasteiger partial charge in [-0.1, -0.05) is 22.0 Å². The van der Waals surface area contributed by atoms with Gasteiger partial charge in [0.2, 0.25) is 0 Å². The highest BCUT2D eigenvalue weighted by molar-refractivity contribution is 9.10. The Labute approximate surface area is 123 Å². The molecule has 3 aromatic rings. The van der Waals surface area contributed by atoms with Crippen molar-refractivity contribution in [3.8, 4) is 5.75 Å². The molecule has 1 aromatic heterocycles. The van der Waals surface area contributed by atoms with Crippen LogP contribution >= 0.6 is 15.9 Å². The Kier molecular flexibility index (Phi) is 2.40. The molecule has 4 rings (SSSR count). The van der Waals surface area contributed by atoms with Gasteiger partial charge in [-0.05, 0) is 24.3 Å². The van der Waals surface area contributed by atoms with Crippen LogP contribution in [0.15, 0.2) is 34.8 Å². The summed E-state index contributed by atoms with van der Waals surface area (Å²) < 4.78 is 6.41. The standard InChI is InChI=1S/C14H11BrN4O/c1-20-11-4-2-3-8-13(11)17-14-12-9(16-8)5-7(15)6-10(12)18-19-14/h2-6,16H,1H3,(H2,17,18,19). The highest BCUT2D eigenvalue weighted by Crippen LogP contribution is 2.44. The molecule has 0 saturated carbocycles. The summed E-state index contributed by atoms with van der Waals surface area (Å²) >= 11 is 3.52. The van der Waals surface area contributed by atoms with Crippen LogP contribution in [0.25, 0.3) is 10.9 Å². The molecule has 2 aromatic carbocycles. The SMILES string of the molecule is COc1cccc2c1Nc1n[nH]c3cc(Br)cc(c13)N2. The summed E-state index contributed by atoms with van der Waals surface area (Å²) in [5.74, 6) is 1.57. The maximum absolute atomic E-state index is 5.41. The van der Waals surface area contributed by atoms with Gasteiger partial charge in [-0.15, -0.1) is 0 Å². The second-order valence-corrected chi connectivity index (χ2v) is 5.50. The summed E-state index contributed by atoms with van der Waals surface area (Å²) in [5.41, 5.74) is 3.81. The van der Waals surface area contributed by atoms with Crippen molar-refractivity contribution in [2.45, 2.75) is 0 Å². The first-order valence-corrected chi connectivity index (χ1v) is 6.94. The zero-order valence-corrected chi connectivity index (χ0v) is 12.2. The van der Waals surface area contributed by atoms with Crippen LogP contribution in [0.1, 0.15) is 0 Å². The van der Waals surface area contributed by atoms with E-state index in [1.165, 1.54) is 0 Å². The predicted molar refractivity (Wildman–Crippen MR) is 83.4 cm³/mol. The van der Waals surface area contributed by atoms with Gasteiger partial charge in [0.25, 0.3) is 0 Å². The van der Waals surface area contributed by atoms with Crippen molar-refractivity contribution in [3.63, 3.8) is 0 Å². The highest BCUT2D eigenvalue weighted by atomic mass is 79.9. The molecule has 0 unspecified atom stereocenters. The normalized spacial score (nSPS) is 12.3. The highest BCUT2D eigenvalue weighted by Gasteiger charge is 2.20. The Bertz CT molecular complexity index is 827. The van der Waals surface area contributed by atoms with Crippen LogP contribution in [0.5, 0.6) is 5.75 Å². The number of aromatic amines is 1. The molecule has 0 saturated heterocycles. The molecular formula is C14H11BrN4O. The summed E-state index contributed by atoms with van der Waals surface area (Å²) in [6.45, 7) is 0. The minimum Gasteiger partial charge on any atom is -0.494 e. The van der Waals surface area contributed by atoms with E-state index in [1.807, 2.05) is 30.3 Å².